The van der Waals surface area contributed by atoms with Crippen molar-refractivity contribution in [2.75, 3.05) is 7.11 Å². The first-order chi connectivity index (χ1) is 6.26. The molecule has 2 N–H and O–H groups in total. The van der Waals surface area contributed by atoms with Crippen LogP contribution in [0.25, 0.3) is 0 Å². The molecule has 82 valence electrons. The molecular weight excluding hydrogens is 190 g/mol. The normalized spacial score (nSPS) is 12.9. The molecule has 0 aromatic heterocycles. The lowest BCUT2D eigenvalue weighted by molar-refractivity contribution is -0.152. The second-order valence-corrected chi connectivity index (χ2v) is 3.57. The van der Waals surface area contributed by atoms with Gasteiger partial charge in [0.2, 0.25) is 6.23 Å². The van der Waals surface area contributed by atoms with E-state index in [2.05, 4.69) is 4.74 Å². The van der Waals surface area contributed by atoms with Crippen molar-refractivity contribution in [2.45, 2.75) is 32.6 Å². The lowest BCUT2D eigenvalue weighted by Gasteiger charge is -2.20. The Hall–Kier alpha value is -1.30. The molecule has 0 bridgehead atoms. The highest BCUT2D eigenvalue weighted by atomic mass is 16.6. The quantitative estimate of drug-likeness (QED) is 0.489. The van der Waals surface area contributed by atoms with Crippen LogP contribution in [0.15, 0.2) is 0 Å². The van der Waals surface area contributed by atoms with Crippen LogP contribution in [-0.2, 0) is 14.3 Å². The Bertz CT molecular complexity index is 220. The molecule has 0 aromatic rings. The van der Waals surface area contributed by atoms with E-state index in [1.54, 1.807) is 20.8 Å². The smallest absolute Gasteiger partial charge is 0.410 e. The Kier molecular flexibility index (Phi) is 4.36. The number of amides is 1. The van der Waals surface area contributed by atoms with E-state index < -0.39 is 23.9 Å². The summed E-state index contributed by atoms with van der Waals surface area (Å²) in [5, 5.41) is 10.9. The van der Waals surface area contributed by atoms with E-state index in [-0.39, 0.29) is 0 Å². The molecule has 0 aliphatic rings. The van der Waals surface area contributed by atoms with E-state index >= 15 is 0 Å². The number of rotatable bonds is 2. The van der Waals surface area contributed by atoms with Crippen molar-refractivity contribution in [3.63, 3.8) is 0 Å². The molecule has 1 atom stereocenters. The Morgan fingerprint density at radius 1 is 1.36 bits per heavy atom. The van der Waals surface area contributed by atoms with E-state index in [0.29, 0.717) is 0 Å². The highest BCUT2D eigenvalue weighted by Crippen LogP contribution is 2.06. The number of aliphatic hydroxyl groups excluding tert-OH is 1. The third-order valence-electron chi connectivity index (χ3n) is 1.08. The topological polar surface area (TPSA) is 84.9 Å². The summed E-state index contributed by atoms with van der Waals surface area (Å²) in [5.74, 6) is -0.948. The predicted molar refractivity (Wildman–Crippen MR) is 47.4 cm³/mol. The first kappa shape index (κ1) is 12.7. The number of nitrogens with one attached hydrogen (secondary N) is 1. The molecule has 6 heteroatoms. The summed E-state index contributed by atoms with van der Waals surface area (Å²) in [6, 6.07) is 0. The van der Waals surface area contributed by atoms with Gasteiger partial charge in [-0.05, 0) is 20.8 Å². The van der Waals surface area contributed by atoms with Crippen LogP contribution in [0.3, 0.4) is 0 Å². The summed E-state index contributed by atoms with van der Waals surface area (Å²) >= 11 is 0. The number of methoxy groups -OCH3 is 1. The lowest BCUT2D eigenvalue weighted by Crippen LogP contribution is -2.43. The van der Waals surface area contributed by atoms with E-state index in [9.17, 15) is 9.59 Å². The van der Waals surface area contributed by atoms with Gasteiger partial charge in [-0.15, -0.1) is 0 Å². The number of carbonyl (C=O) groups is 2. The van der Waals surface area contributed by atoms with Crippen molar-refractivity contribution < 1.29 is 24.2 Å². The second-order valence-electron chi connectivity index (χ2n) is 3.57. The van der Waals surface area contributed by atoms with Gasteiger partial charge in [0.05, 0.1) is 7.11 Å². The fourth-order valence-electron chi connectivity index (χ4n) is 0.590. The average Bonchev–Trinajstić information content (AvgIpc) is 1.99. The highest BCUT2D eigenvalue weighted by Gasteiger charge is 2.22. The third-order valence-corrected chi connectivity index (χ3v) is 1.08. The van der Waals surface area contributed by atoms with Crippen molar-refractivity contribution in [1.29, 1.82) is 0 Å². The number of carbonyl (C=O) groups excluding carboxylic acids is 2. The van der Waals surface area contributed by atoms with Crippen molar-refractivity contribution in [2.24, 2.45) is 0 Å². The molecule has 14 heavy (non-hydrogen) atoms. The van der Waals surface area contributed by atoms with Crippen LogP contribution in [0.2, 0.25) is 0 Å². The first-order valence-electron chi connectivity index (χ1n) is 4.01. The minimum Gasteiger partial charge on any atom is -0.466 e. The standard InChI is InChI=1S/C8H15NO5/c1-8(2,3)14-7(12)9-5(10)6(11)13-4/h5,10H,1-4H3,(H,9,12)/t5-/m1/s1. The molecule has 0 aliphatic carbocycles. The molecule has 0 heterocycles. The van der Waals surface area contributed by atoms with Crippen molar-refractivity contribution in [3.05, 3.63) is 0 Å². The molecule has 1 amide bonds. The number of hydrogen-bond donors (Lipinski definition) is 2. The minimum absolute atomic E-state index is 0.681. The SMILES string of the molecule is COC(=O)[C@@H](O)NC(=O)OC(C)(C)C. The van der Waals surface area contributed by atoms with Gasteiger partial charge < -0.3 is 14.6 Å². The van der Waals surface area contributed by atoms with Gasteiger partial charge in [-0.1, -0.05) is 0 Å². The number of ether oxygens (including phenoxy) is 2. The zero-order chi connectivity index (χ0) is 11.4. The summed E-state index contributed by atoms with van der Waals surface area (Å²) < 4.78 is 8.97. The number of hydrogen-bond acceptors (Lipinski definition) is 5. The van der Waals surface area contributed by atoms with E-state index in [1.807, 2.05) is 5.32 Å². The van der Waals surface area contributed by atoms with Crippen LogP contribution in [0.1, 0.15) is 20.8 Å². The van der Waals surface area contributed by atoms with Gasteiger partial charge in [-0.3, -0.25) is 5.32 Å². The zero-order valence-corrected chi connectivity index (χ0v) is 8.66. The van der Waals surface area contributed by atoms with Crippen molar-refractivity contribution in [3.8, 4) is 0 Å². The van der Waals surface area contributed by atoms with Crippen molar-refractivity contribution in [1.82, 2.24) is 5.32 Å². The maximum absolute atomic E-state index is 11.0. The highest BCUT2D eigenvalue weighted by molar-refractivity contribution is 5.79. The van der Waals surface area contributed by atoms with Gasteiger partial charge in [0.15, 0.2) is 0 Å². The number of alkyl carbamates (subject to hydrolysis) is 1. The van der Waals surface area contributed by atoms with Crippen LogP contribution in [0, 0.1) is 0 Å². The first-order valence-corrected chi connectivity index (χ1v) is 4.01. The van der Waals surface area contributed by atoms with Crippen LogP contribution >= 0.6 is 0 Å². The fraction of sp³-hybridized carbons (Fsp3) is 0.750. The van der Waals surface area contributed by atoms with Crippen LogP contribution in [0.5, 0.6) is 0 Å². The Labute approximate surface area is 82.2 Å². The molecular formula is C8H15NO5. The van der Waals surface area contributed by atoms with Gasteiger partial charge in [-0.2, -0.15) is 0 Å². The van der Waals surface area contributed by atoms with Crippen LogP contribution < -0.4 is 5.32 Å². The Morgan fingerprint density at radius 3 is 2.21 bits per heavy atom. The molecule has 0 rings (SSSR count). The number of aliphatic hydroxyl groups is 1. The molecule has 0 spiro atoms. The number of esters is 1. The third kappa shape index (κ3) is 5.36. The van der Waals surface area contributed by atoms with Crippen molar-refractivity contribution >= 4 is 12.1 Å². The van der Waals surface area contributed by atoms with E-state index in [1.165, 1.54) is 0 Å². The molecule has 0 aromatic carbocycles. The molecule has 0 radical (unpaired) electrons. The fourth-order valence-corrected chi connectivity index (χ4v) is 0.590. The van der Waals surface area contributed by atoms with Crippen LogP contribution in [0.4, 0.5) is 4.79 Å². The van der Waals surface area contributed by atoms with E-state index in [4.69, 9.17) is 9.84 Å². The Balaban J connectivity index is 4.01. The molecule has 0 unspecified atom stereocenters. The van der Waals surface area contributed by atoms with Gasteiger partial charge in [0.25, 0.3) is 0 Å². The molecule has 0 saturated heterocycles. The minimum atomic E-state index is -1.70. The van der Waals surface area contributed by atoms with Gasteiger partial charge in [0.1, 0.15) is 5.60 Å². The molecule has 6 nitrogen and oxygen atoms in total. The van der Waals surface area contributed by atoms with Gasteiger partial charge in [-0.25, -0.2) is 9.59 Å². The predicted octanol–water partition coefficient (Wildman–Crippen LogP) is 0.00250. The van der Waals surface area contributed by atoms with Gasteiger partial charge >= 0.3 is 12.1 Å². The maximum atomic E-state index is 11.0. The second kappa shape index (κ2) is 4.80. The lowest BCUT2D eigenvalue weighted by atomic mass is 10.2. The Morgan fingerprint density at radius 2 is 1.86 bits per heavy atom. The molecule has 0 saturated carbocycles. The van der Waals surface area contributed by atoms with Crippen LogP contribution in [-0.4, -0.2) is 36.1 Å². The largest absolute Gasteiger partial charge is 0.466 e. The summed E-state index contributed by atoms with van der Waals surface area (Å²) in [4.78, 5) is 21.7. The summed E-state index contributed by atoms with van der Waals surface area (Å²) in [6.07, 6.45) is -2.58. The maximum Gasteiger partial charge on any atom is 0.410 e. The monoisotopic (exact) mass is 205 g/mol. The molecule has 0 fully saturated rings. The van der Waals surface area contributed by atoms with Gasteiger partial charge in [0, 0.05) is 0 Å². The summed E-state index contributed by atoms with van der Waals surface area (Å²) in [7, 11) is 1.10. The average molecular weight is 205 g/mol. The van der Waals surface area contributed by atoms with E-state index in [0.717, 1.165) is 7.11 Å². The zero-order valence-electron chi connectivity index (χ0n) is 8.66. The summed E-state index contributed by atoms with van der Waals surface area (Å²) in [5.41, 5.74) is -0.681. The molecule has 0 aliphatic heterocycles. The summed E-state index contributed by atoms with van der Waals surface area (Å²) in [6.45, 7) is 4.99.